The second-order valence-corrected chi connectivity index (χ2v) is 6.82. The van der Waals surface area contributed by atoms with Crippen molar-refractivity contribution in [3.05, 3.63) is 53.3 Å². The van der Waals surface area contributed by atoms with E-state index in [9.17, 15) is 9.59 Å². The first-order chi connectivity index (χ1) is 12.2. The third-order valence-corrected chi connectivity index (χ3v) is 5.23. The number of rotatable bonds is 4. The van der Waals surface area contributed by atoms with Gasteiger partial charge in [0, 0.05) is 56.0 Å². The van der Waals surface area contributed by atoms with Gasteiger partial charge in [0.15, 0.2) is 0 Å². The Balaban J connectivity index is 1.33. The summed E-state index contributed by atoms with van der Waals surface area (Å²) in [5, 5.41) is 7.03. The molecule has 6 nitrogen and oxygen atoms in total. The second kappa shape index (κ2) is 6.70. The van der Waals surface area contributed by atoms with Crippen LogP contribution in [0.3, 0.4) is 0 Å². The van der Waals surface area contributed by atoms with E-state index in [1.54, 1.807) is 11.1 Å². The molecule has 1 saturated heterocycles. The lowest BCUT2D eigenvalue weighted by Crippen LogP contribution is -2.40. The molecule has 2 aliphatic rings. The van der Waals surface area contributed by atoms with Gasteiger partial charge in [-0.25, -0.2) is 0 Å². The van der Waals surface area contributed by atoms with Gasteiger partial charge in [-0.3, -0.25) is 14.7 Å². The molecule has 1 aromatic carbocycles. The largest absolute Gasteiger partial charge is 0.342 e. The summed E-state index contributed by atoms with van der Waals surface area (Å²) >= 11 is 0. The Labute approximate surface area is 146 Å². The highest BCUT2D eigenvalue weighted by molar-refractivity contribution is 5.98. The molecule has 2 aromatic rings. The van der Waals surface area contributed by atoms with Crippen LogP contribution >= 0.6 is 0 Å². The van der Waals surface area contributed by atoms with Crippen molar-refractivity contribution in [2.45, 2.75) is 31.7 Å². The fourth-order valence-corrected chi connectivity index (χ4v) is 3.84. The van der Waals surface area contributed by atoms with Crippen LogP contribution in [0.1, 0.15) is 46.8 Å². The van der Waals surface area contributed by atoms with E-state index in [1.807, 2.05) is 35.2 Å². The van der Waals surface area contributed by atoms with Crippen LogP contribution in [-0.4, -0.2) is 51.4 Å². The Morgan fingerprint density at radius 3 is 2.96 bits per heavy atom. The normalized spacial score (nSPS) is 20.0. The number of piperidine rings is 1. The third-order valence-electron chi connectivity index (χ3n) is 5.23. The van der Waals surface area contributed by atoms with E-state index in [-0.39, 0.29) is 11.8 Å². The summed E-state index contributed by atoms with van der Waals surface area (Å²) in [4.78, 5) is 28.7. The molecule has 0 spiro atoms. The zero-order valence-corrected chi connectivity index (χ0v) is 14.1. The molecule has 1 fully saturated rings. The van der Waals surface area contributed by atoms with Gasteiger partial charge in [0.2, 0.25) is 5.91 Å². The Morgan fingerprint density at radius 1 is 1.28 bits per heavy atom. The van der Waals surface area contributed by atoms with Crippen LogP contribution in [0.25, 0.3) is 0 Å². The van der Waals surface area contributed by atoms with E-state index in [0.717, 1.165) is 42.8 Å². The molecule has 25 heavy (non-hydrogen) atoms. The molecule has 3 heterocycles. The predicted octanol–water partition coefficient (Wildman–Crippen LogP) is 2.16. The molecule has 0 unspecified atom stereocenters. The van der Waals surface area contributed by atoms with Gasteiger partial charge < -0.3 is 9.80 Å². The smallest absolute Gasteiger partial charge is 0.254 e. The van der Waals surface area contributed by atoms with E-state index in [1.165, 1.54) is 0 Å². The fraction of sp³-hybridized carbons (Fsp3) is 0.421. The number of carbonyl (C=O) groups excluding carboxylic acids is 2. The number of benzene rings is 1. The van der Waals surface area contributed by atoms with Gasteiger partial charge in [-0.2, -0.15) is 5.10 Å². The summed E-state index contributed by atoms with van der Waals surface area (Å²) in [6.07, 6.45) is 4.22. The number of fused-ring (bicyclic) bond motifs is 1. The average molecular weight is 338 g/mol. The van der Waals surface area contributed by atoms with Crippen molar-refractivity contribution in [2.75, 3.05) is 19.6 Å². The van der Waals surface area contributed by atoms with E-state index in [2.05, 4.69) is 10.2 Å². The van der Waals surface area contributed by atoms with Gasteiger partial charge in [0.25, 0.3) is 5.91 Å². The van der Waals surface area contributed by atoms with E-state index in [4.69, 9.17) is 0 Å². The minimum Gasteiger partial charge on any atom is -0.342 e. The SMILES string of the molecule is O=C(CCN1Cc2ccccc2C1=O)N1CCC[C@H](c2ccn[nH]2)C1. The van der Waals surface area contributed by atoms with Crippen LogP contribution < -0.4 is 0 Å². The average Bonchev–Trinajstić information content (AvgIpc) is 3.29. The molecule has 2 aliphatic heterocycles. The van der Waals surface area contributed by atoms with Crippen LogP contribution in [0.4, 0.5) is 0 Å². The molecule has 1 atom stereocenters. The second-order valence-electron chi connectivity index (χ2n) is 6.82. The molecule has 1 N–H and O–H groups in total. The Kier molecular flexibility index (Phi) is 4.26. The molecular weight excluding hydrogens is 316 g/mol. The van der Waals surface area contributed by atoms with E-state index in [0.29, 0.717) is 25.4 Å². The Bertz CT molecular complexity index is 771. The number of nitrogens with one attached hydrogen (secondary N) is 1. The standard InChI is InChI=1S/C19H22N4O2/c24-18(22-10-3-5-15(13-22)17-7-9-20-21-17)8-11-23-12-14-4-1-2-6-16(14)19(23)25/h1-2,4,6-7,9,15H,3,5,8,10-13H2,(H,20,21)/t15-/m0/s1. The summed E-state index contributed by atoms with van der Waals surface area (Å²) in [5.41, 5.74) is 2.92. The topological polar surface area (TPSA) is 69.3 Å². The maximum atomic E-state index is 12.6. The number of hydrogen-bond donors (Lipinski definition) is 1. The first-order valence-corrected chi connectivity index (χ1v) is 8.86. The molecule has 130 valence electrons. The maximum absolute atomic E-state index is 12.6. The number of amides is 2. The quantitative estimate of drug-likeness (QED) is 0.929. The van der Waals surface area contributed by atoms with Gasteiger partial charge in [-0.1, -0.05) is 18.2 Å². The van der Waals surface area contributed by atoms with Crippen molar-refractivity contribution >= 4 is 11.8 Å². The summed E-state index contributed by atoms with van der Waals surface area (Å²) in [6.45, 7) is 2.63. The molecule has 0 radical (unpaired) electrons. The minimum absolute atomic E-state index is 0.0392. The van der Waals surface area contributed by atoms with Crippen molar-refractivity contribution in [3.8, 4) is 0 Å². The lowest BCUT2D eigenvalue weighted by atomic mass is 9.95. The maximum Gasteiger partial charge on any atom is 0.254 e. The monoisotopic (exact) mass is 338 g/mol. The minimum atomic E-state index is 0.0392. The number of H-pyrrole nitrogens is 1. The molecule has 4 rings (SSSR count). The molecule has 0 bridgehead atoms. The number of aromatic nitrogens is 2. The lowest BCUT2D eigenvalue weighted by molar-refractivity contribution is -0.132. The van der Waals surface area contributed by atoms with Crippen LogP contribution in [0.5, 0.6) is 0 Å². The van der Waals surface area contributed by atoms with Crippen molar-refractivity contribution in [2.24, 2.45) is 0 Å². The van der Waals surface area contributed by atoms with Gasteiger partial charge in [0.1, 0.15) is 0 Å². The zero-order valence-electron chi connectivity index (χ0n) is 14.1. The van der Waals surface area contributed by atoms with Gasteiger partial charge >= 0.3 is 0 Å². The van der Waals surface area contributed by atoms with Crippen molar-refractivity contribution in [1.82, 2.24) is 20.0 Å². The van der Waals surface area contributed by atoms with Gasteiger partial charge in [-0.15, -0.1) is 0 Å². The summed E-state index contributed by atoms with van der Waals surface area (Å²) in [6, 6.07) is 9.66. The van der Waals surface area contributed by atoms with Crippen molar-refractivity contribution in [3.63, 3.8) is 0 Å². The Hall–Kier alpha value is -2.63. The van der Waals surface area contributed by atoms with Gasteiger partial charge in [-0.05, 0) is 30.5 Å². The van der Waals surface area contributed by atoms with Crippen molar-refractivity contribution in [1.29, 1.82) is 0 Å². The fourth-order valence-electron chi connectivity index (χ4n) is 3.84. The molecule has 1 aromatic heterocycles. The van der Waals surface area contributed by atoms with E-state index < -0.39 is 0 Å². The number of aromatic amines is 1. The molecule has 6 heteroatoms. The highest BCUT2D eigenvalue weighted by atomic mass is 16.2. The Morgan fingerprint density at radius 2 is 2.16 bits per heavy atom. The molecular formula is C19H22N4O2. The molecule has 0 aliphatic carbocycles. The molecule has 0 saturated carbocycles. The number of likely N-dealkylation sites (tertiary alicyclic amines) is 1. The first kappa shape index (κ1) is 15.9. The summed E-state index contributed by atoms with van der Waals surface area (Å²) < 4.78 is 0. The number of nitrogens with zero attached hydrogens (tertiary/aromatic N) is 3. The zero-order chi connectivity index (χ0) is 17.2. The van der Waals surface area contributed by atoms with Crippen LogP contribution in [-0.2, 0) is 11.3 Å². The van der Waals surface area contributed by atoms with E-state index >= 15 is 0 Å². The molecule has 2 amide bonds. The third kappa shape index (κ3) is 3.16. The number of hydrogen-bond acceptors (Lipinski definition) is 3. The summed E-state index contributed by atoms with van der Waals surface area (Å²) in [7, 11) is 0. The van der Waals surface area contributed by atoms with Crippen LogP contribution in [0.15, 0.2) is 36.5 Å². The number of carbonyl (C=O) groups is 2. The van der Waals surface area contributed by atoms with Crippen LogP contribution in [0, 0.1) is 0 Å². The first-order valence-electron chi connectivity index (χ1n) is 8.86. The predicted molar refractivity (Wildman–Crippen MR) is 92.9 cm³/mol. The highest BCUT2D eigenvalue weighted by Crippen LogP contribution is 2.26. The van der Waals surface area contributed by atoms with Crippen molar-refractivity contribution < 1.29 is 9.59 Å². The highest BCUT2D eigenvalue weighted by Gasteiger charge is 2.29. The van der Waals surface area contributed by atoms with Crippen LogP contribution in [0.2, 0.25) is 0 Å². The van der Waals surface area contributed by atoms with Gasteiger partial charge in [0.05, 0.1) is 0 Å². The summed E-state index contributed by atoms with van der Waals surface area (Å²) in [5.74, 6) is 0.503. The lowest BCUT2D eigenvalue weighted by Gasteiger charge is -2.32.